The standard InChI is InChI=1S/C10H5F3NO2/c11-10(12,13)6-2-1-3-7-8(6)5(4-14-7)9(15)16/h1-4,14H. The third-order valence-corrected chi connectivity index (χ3v) is 2.23. The zero-order chi connectivity index (χ0) is 11.9. The first kappa shape index (κ1) is 10.5. The minimum Gasteiger partial charge on any atom is -0.360 e. The molecule has 0 aliphatic rings. The van der Waals surface area contributed by atoms with Gasteiger partial charge in [-0.3, -0.25) is 0 Å². The number of benzene rings is 1. The molecule has 6 heteroatoms. The van der Waals surface area contributed by atoms with E-state index in [1.165, 1.54) is 12.1 Å². The highest BCUT2D eigenvalue weighted by atomic mass is 19.4. The lowest BCUT2D eigenvalue weighted by Gasteiger charge is -2.08. The van der Waals surface area contributed by atoms with Crippen LogP contribution in [0.25, 0.3) is 10.9 Å². The molecular formula is C10H5F3NO2. The summed E-state index contributed by atoms with van der Waals surface area (Å²) in [6.45, 7) is 0. The molecule has 1 radical (unpaired) electrons. The lowest BCUT2D eigenvalue weighted by atomic mass is 10.1. The van der Waals surface area contributed by atoms with Gasteiger partial charge in [-0.1, -0.05) is 6.07 Å². The summed E-state index contributed by atoms with van der Waals surface area (Å²) >= 11 is 0. The summed E-state index contributed by atoms with van der Waals surface area (Å²) in [6, 6.07) is 3.42. The van der Waals surface area contributed by atoms with Crippen molar-refractivity contribution in [2.24, 2.45) is 0 Å². The number of fused-ring (bicyclic) bond motifs is 1. The molecule has 1 heterocycles. The Morgan fingerprint density at radius 2 is 1.94 bits per heavy atom. The monoisotopic (exact) mass is 228 g/mol. The number of halogens is 3. The van der Waals surface area contributed by atoms with Gasteiger partial charge in [0, 0.05) is 17.1 Å². The molecule has 0 amide bonds. The van der Waals surface area contributed by atoms with E-state index in [2.05, 4.69) is 4.98 Å². The molecule has 0 atom stereocenters. The van der Waals surface area contributed by atoms with Gasteiger partial charge in [-0.2, -0.15) is 13.2 Å². The van der Waals surface area contributed by atoms with Crippen molar-refractivity contribution in [1.29, 1.82) is 0 Å². The van der Waals surface area contributed by atoms with E-state index in [0.717, 1.165) is 12.3 Å². The molecule has 1 N–H and O–H groups in total. The fourth-order valence-electron chi connectivity index (χ4n) is 1.58. The van der Waals surface area contributed by atoms with Crippen LogP contribution in [0, 0.1) is 0 Å². The van der Waals surface area contributed by atoms with Gasteiger partial charge < -0.3 is 4.98 Å². The summed E-state index contributed by atoms with van der Waals surface area (Å²) in [5.41, 5.74) is -1.34. The van der Waals surface area contributed by atoms with Crippen LogP contribution >= 0.6 is 0 Å². The number of carbonyl (C=O) groups is 1. The Hall–Kier alpha value is -1.98. The number of hydrogen-bond donors (Lipinski definition) is 1. The molecule has 3 nitrogen and oxygen atoms in total. The average Bonchev–Trinajstić information content (AvgIpc) is 2.58. The molecule has 0 saturated heterocycles. The zero-order valence-electron chi connectivity index (χ0n) is 7.76. The fourth-order valence-corrected chi connectivity index (χ4v) is 1.58. The first-order valence-electron chi connectivity index (χ1n) is 4.30. The Bertz CT molecular complexity index is 557. The summed E-state index contributed by atoms with van der Waals surface area (Å²) in [4.78, 5) is 13.1. The Morgan fingerprint density at radius 1 is 1.25 bits per heavy atom. The van der Waals surface area contributed by atoms with Crippen molar-refractivity contribution >= 4 is 16.9 Å². The summed E-state index contributed by atoms with van der Waals surface area (Å²) in [7, 11) is 0. The molecule has 1 aromatic heterocycles. The quantitative estimate of drug-likeness (QED) is 0.801. The van der Waals surface area contributed by atoms with Gasteiger partial charge in [-0.05, 0) is 12.1 Å². The minimum absolute atomic E-state index is 0.119. The minimum atomic E-state index is -4.59. The molecule has 0 saturated carbocycles. The Kier molecular flexibility index (Phi) is 2.15. The van der Waals surface area contributed by atoms with Crippen LogP contribution in [-0.2, 0) is 11.3 Å². The van der Waals surface area contributed by atoms with Crippen molar-refractivity contribution in [2.45, 2.75) is 6.18 Å². The highest BCUT2D eigenvalue weighted by molar-refractivity contribution is 6.04. The van der Waals surface area contributed by atoms with Gasteiger partial charge >= 0.3 is 12.1 Å². The third-order valence-electron chi connectivity index (χ3n) is 2.23. The maximum atomic E-state index is 12.6. The van der Waals surface area contributed by atoms with Crippen LogP contribution in [0.2, 0.25) is 0 Å². The van der Waals surface area contributed by atoms with Crippen molar-refractivity contribution in [3.8, 4) is 0 Å². The van der Waals surface area contributed by atoms with Crippen LogP contribution in [0.5, 0.6) is 0 Å². The first-order valence-corrected chi connectivity index (χ1v) is 4.30. The second-order valence-corrected chi connectivity index (χ2v) is 3.22. The van der Waals surface area contributed by atoms with E-state index < -0.39 is 23.3 Å². The molecule has 16 heavy (non-hydrogen) atoms. The number of carbonyl (C=O) groups excluding carboxylic acids is 1. The zero-order valence-corrected chi connectivity index (χ0v) is 7.76. The van der Waals surface area contributed by atoms with Crippen LogP contribution in [0.1, 0.15) is 15.9 Å². The lowest BCUT2D eigenvalue weighted by Crippen LogP contribution is -2.07. The lowest BCUT2D eigenvalue weighted by molar-refractivity contribution is -0.136. The highest BCUT2D eigenvalue weighted by Gasteiger charge is 2.34. The predicted octanol–water partition coefficient (Wildman–Crippen LogP) is 2.76. The number of alkyl halides is 3. The van der Waals surface area contributed by atoms with Gasteiger partial charge in [0.15, 0.2) is 0 Å². The first-order chi connectivity index (χ1) is 7.41. The van der Waals surface area contributed by atoms with Gasteiger partial charge in [0.25, 0.3) is 0 Å². The number of aromatic amines is 1. The van der Waals surface area contributed by atoms with E-state index in [1.54, 1.807) is 0 Å². The largest absolute Gasteiger partial charge is 0.417 e. The van der Waals surface area contributed by atoms with Gasteiger partial charge in [0.1, 0.15) is 0 Å². The van der Waals surface area contributed by atoms with Crippen molar-refractivity contribution in [3.63, 3.8) is 0 Å². The molecule has 0 spiro atoms. The summed E-state index contributed by atoms with van der Waals surface area (Å²) in [5, 5.41) is 10.3. The van der Waals surface area contributed by atoms with Crippen LogP contribution in [-0.4, -0.2) is 11.0 Å². The van der Waals surface area contributed by atoms with Gasteiger partial charge in [0.05, 0.1) is 11.1 Å². The topological polar surface area (TPSA) is 52.8 Å². The fraction of sp³-hybridized carbons (Fsp3) is 0.100. The molecular weight excluding hydrogens is 223 g/mol. The summed E-state index contributed by atoms with van der Waals surface area (Å²) in [6.07, 6.45) is -3.60. The number of hydrogen-bond acceptors (Lipinski definition) is 1. The molecule has 0 aliphatic carbocycles. The van der Waals surface area contributed by atoms with Crippen molar-refractivity contribution in [2.75, 3.05) is 0 Å². The van der Waals surface area contributed by atoms with E-state index in [0.29, 0.717) is 0 Å². The van der Waals surface area contributed by atoms with E-state index in [1.807, 2.05) is 0 Å². The normalized spacial score (nSPS) is 11.9. The molecule has 1 aromatic carbocycles. The van der Waals surface area contributed by atoms with Crippen LogP contribution in [0.4, 0.5) is 13.2 Å². The maximum absolute atomic E-state index is 12.6. The summed E-state index contributed by atoms with van der Waals surface area (Å²) in [5.74, 6) is -1.64. The maximum Gasteiger partial charge on any atom is 0.417 e. The Morgan fingerprint density at radius 3 is 2.50 bits per heavy atom. The van der Waals surface area contributed by atoms with E-state index in [4.69, 9.17) is 0 Å². The Labute approximate surface area is 87.5 Å². The Balaban J connectivity index is 2.84. The SMILES string of the molecule is [O]C(=O)c1c[nH]c2cccc(C(F)(F)F)c12. The van der Waals surface area contributed by atoms with Crippen molar-refractivity contribution < 1.29 is 23.1 Å². The van der Waals surface area contributed by atoms with E-state index in [-0.39, 0.29) is 10.9 Å². The highest BCUT2D eigenvalue weighted by Crippen LogP contribution is 2.36. The van der Waals surface area contributed by atoms with Crippen LogP contribution in [0.3, 0.4) is 0 Å². The second-order valence-electron chi connectivity index (χ2n) is 3.22. The smallest absolute Gasteiger partial charge is 0.360 e. The number of rotatable bonds is 1. The molecule has 0 bridgehead atoms. The van der Waals surface area contributed by atoms with E-state index in [9.17, 15) is 23.1 Å². The molecule has 0 fully saturated rings. The van der Waals surface area contributed by atoms with Crippen LogP contribution < -0.4 is 0 Å². The molecule has 2 rings (SSSR count). The number of nitrogens with one attached hydrogen (secondary N) is 1. The van der Waals surface area contributed by atoms with Gasteiger partial charge in [-0.25, -0.2) is 9.90 Å². The third kappa shape index (κ3) is 1.52. The number of H-pyrrole nitrogens is 1. The predicted molar refractivity (Wildman–Crippen MR) is 48.3 cm³/mol. The second kappa shape index (κ2) is 3.26. The van der Waals surface area contributed by atoms with Gasteiger partial charge in [-0.15, -0.1) is 0 Å². The average molecular weight is 228 g/mol. The molecule has 0 aliphatic heterocycles. The molecule has 0 unspecified atom stereocenters. The van der Waals surface area contributed by atoms with Crippen LogP contribution in [0.15, 0.2) is 24.4 Å². The van der Waals surface area contributed by atoms with Gasteiger partial charge in [0.2, 0.25) is 0 Å². The molecule has 2 aromatic rings. The molecule has 83 valence electrons. The van der Waals surface area contributed by atoms with Crippen molar-refractivity contribution in [3.05, 3.63) is 35.5 Å². The summed E-state index contributed by atoms with van der Waals surface area (Å²) < 4.78 is 37.8. The van der Waals surface area contributed by atoms with Crippen molar-refractivity contribution in [1.82, 2.24) is 4.98 Å². The number of aromatic nitrogens is 1. The van der Waals surface area contributed by atoms with E-state index >= 15 is 0 Å².